The van der Waals surface area contributed by atoms with Gasteiger partial charge in [-0.2, -0.15) is 0 Å². The Balaban J connectivity index is 2.10. The first-order valence-electron chi connectivity index (χ1n) is 6.12. The van der Waals surface area contributed by atoms with Crippen LogP contribution in [-0.4, -0.2) is 44.7 Å². The van der Waals surface area contributed by atoms with E-state index in [1.165, 1.54) is 5.56 Å². The molecule has 0 spiro atoms. The molecule has 1 aliphatic rings. The van der Waals surface area contributed by atoms with Gasteiger partial charge in [-0.15, -0.1) is 0 Å². The van der Waals surface area contributed by atoms with Crippen molar-refractivity contribution in [2.24, 2.45) is 5.73 Å². The molecule has 1 heterocycles. The van der Waals surface area contributed by atoms with E-state index in [1.807, 2.05) is 6.07 Å². The molecule has 0 bridgehead atoms. The molecule has 94 valence electrons. The van der Waals surface area contributed by atoms with Gasteiger partial charge in [0.05, 0.1) is 10.7 Å². The van der Waals surface area contributed by atoms with Gasteiger partial charge in [0.15, 0.2) is 0 Å². The van der Waals surface area contributed by atoms with Crippen LogP contribution in [0, 0.1) is 0 Å². The van der Waals surface area contributed by atoms with Crippen molar-refractivity contribution < 1.29 is 0 Å². The second kappa shape index (κ2) is 5.71. The third kappa shape index (κ3) is 3.12. The molecule has 2 rings (SSSR count). The summed E-state index contributed by atoms with van der Waals surface area (Å²) in [5, 5.41) is 0.848. The highest BCUT2D eigenvalue weighted by Gasteiger charge is 2.16. The molecule has 0 unspecified atom stereocenters. The van der Waals surface area contributed by atoms with Crippen LogP contribution >= 0.6 is 11.6 Å². The molecular formula is C13H20ClN3. The van der Waals surface area contributed by atoms with Crippen LogP contribution in [0.25, 0.3) is 0 Å². The summed E-state index contributed by atoms with van der Waals surface area (Å²) in [4.78, 5) is 4.70. The molecule has 0 aromatic heterocycles. The second-order valence-corrected chi connectivity index (χ2v) is 5.02. The van der Waals surface area contributed by atoms with Crippen molar-refractivity contribution in [1.29, 1.82) is 0 Å². The van der Waals surface area contributed by atoms with E-state index in [0.29, 0.717) is 6.54 Å². The van der Waals surface area contributed by atoms with Gasteiger partial charge in [0.1, 0.15) is 0 Å². The Labute approximate surface area is 108 Å². The number of nitrogens with zero attached hydrogens (tertiary/aromatic N) is 2. The zero-order chi connectivity index (χ0) is 12.3. The molecule has 0 atom stereocenters. The Morgan fingerprint density at radius 3 is 2.53 bits per heavy atom. The molecule has 17 heavy (non-hydrogen) atoms. The SMILES string of the molecule is CN1CCN(c2ccc(CCN)cc2Cl)CC1. The summed E-state index contributed by atoms with van der Waals surface area (Å²) in [5.74, 6) is 0. The van der Waals surface area contributed by atoms with Crippen LogP contribution in [0.15, 0.2) is 18.2 Å². The van der Waals surface area contributed by atoms with Crippen molar-refractivity contribution in [2.75, 3.05) is 44.7 Å². The molecule has 4 heteroatoms. The molecular weight excluding hydrogens is 234 g/mol. The van der Waals surface area contributed by atoms with Gasteiger partial charge in [0.25, 0.3) is 0 Å². The van der Waals surface area contributed by atoms with Crippen LogP contribution in [-0.2, 0) is 6.42 Å². The average Bonchev–Trinajstić information content (AvgIpc) is 2.31. The molecule has 3 nitrogen and oxygen atoms in total. The highest BCUT2D eigenvalue weighted by Crippen LogP contribution is 2.27. The van der Waals surface area contributed by atoms with Crippen molar-refractivity contribution in [3.05, 3.63) is 28.8 Å². The number of hydrogen-bond donors (Lipinski definition) is 1. The van der Waals surface area contributed by atoms with Gasteiger partial charge in [-0.25, -0.2) is 0 Å². The van der Waals surface area contributed by atoms with Gasteiger partial charge in [-0.05, 0) is 37.7 Å². The second-order valence-electron chi connectivity index (χ2n) is 4.61. The molecule has 1 aromatic carbocycles. The maximum Gasteiger partial charge on any atom is 0.0642 e. The minimum atomic E-state index is 0.671. The third-order valence-corrected chi connectivity index (χ3v) is 3.59. The van der Waals surface area contributed by atoms with Gasteiger partial charge < -0.3 is 15.5 Å². The summed E-state index contributed by atoms with van der Waals surface area (Å²) in [7, 11) is 2.16. The molecule has 1 aliphatic heterocycles. The minimum absolute atomic E-state index is 0.671. The quantitative estimate of drug-likeness (QED) is 0.888. The number of likely N-dealkylation sites (N-methyl/N-ethyl adjacent to an activating group) is 1. The standard InChI is InChI=1S/C13H20ClN3/c1-16-6-8-17(9-7-16)13-3-2-11(4-5-15)10-12(13)14/h2-3,10H,4-9,15H2,1H3. The van der Waals surface area contributed by atoms with Gasteiger partial charge in [0.2, 0.25) is 0 Å². The maximum atomic E-state index is 6.34. The molecule has 1 fully saturated rings. The summed E-state index contributed by atoms with van der Waals surface area (Å²) in [5.41, 5.74) is 7.92. The first-order valence-corrected chi connectivity index (χ1v) is 6.50. The number of anilines is 1. The van der Waals surface area contributed by atoms with Gasteiger partial charge >= 0.3 is 0 Å². The topological polar surface area (TPSA) is 32.5 Å². The van der Waals surface area contributed by atoms with Crippen LogP contribution in [0.1, 0.15) is 5.56 Å². The summed E-state index contributed by atoms with van der Waals surface area (Å²) in [6.07, 6.45) is 0.892. The van der Waals surface area contributed by atoms with Crippen LogP contribution in [0.5, 0.6) is 0 Å². The Hall–Kier alpha value is -0.770. The lowest BCUT2D eigenvalue weighted by atomic mass is 10.1. The molecule has 1 aromatic rings. The zero-order valence-electron chi connectivity index (χ0n) is 10.3. The summed E-state index contributed by atoms with van der Waals surface area (Å²) >= 11 is 6.34. The fourth-order valence-corrected chi connectivity index (χ4v) is 2.50. The van der Waals surface area contributed by atoms with E-state index in [9.17, 15) is 0 Å². The van der Waals surface area contributed by atoms with E-state index in [0.717, 1.165) is 43.3 Å². The zero-order valence-corrected chi connectivity index (χ0v) is 11.1. The Morgan fingerprint density at radius 2 is 1.94 bits per heavy atom. The predicted molar refractivity (Wildman–Crippen MR) is 73.9 cm³/mol. The first-order chi connectivity index (χ1) is 8.20. The molecule has 0 saturated carbocycles. The predicted octanol–water partition coefficient (Wildman–Crippen LogP) is 1.59. The summed E-state index contributed by atoms with van der Waals surface area (Å²) in [6, 6.07) is 6.30. The number of rotatable bonds is 3. The Morgan fingerprint density at radius 1 is 1.24 bits per heavy atom. The summed E-state index contributed by atoms with van der Waals surface area (Å²) < 4.78 is 0. The number of hydrogen-bond acceptors (Lipinski definition) is 3. The highest BCUT2D eigenvalue weighted by atomic mass is 35.5. The normalized spacial score (nSPS) is 17.5. The van der Waals surface area contributed by atoms with Crippen molar-refractivity contribution in [3.8, 4) is 0 Å². The van der Waals surface area contributed by atoms with E-state index in [-0.39, 0.29) is 0 Å². The van der Waals surface area contributed by atoms with Crippen molar-refractivity contribution in [1.82, 2.24) is 4.90 Å². The van der Waals surface area contributed by atoms with Gasteiger partial charge in [0, 0.05) is 26.2 Å². The number of piperazine rings is 1. The average molecular weight is 254 g/mol. The van der Waals surface area contributed by atoms with E-state index in [2.05, 4.69) is 29.0 Å². The largest absolute Gasteiger partial charge is 0.368 e. The van der Waals surface area contributed by atoms with Gasteiger partial charge in [-0.1, -0.05) is 17.7 Å². The van der Waals surface area contributed by atoms with E-state index in [4.69, 9.17) is 17.3 Å². The highest BCUT2D eigenvalue weighted by molar-refractivity contribution is 6.33. The lowest BCUT2D eigenvalue weighted by Crippen LogP contribution is -2.44. The van der Waals surface area contributed by atoms with Crippen LogP contribution < -0.4 is 10.6 Å². The van der Waals surface area contributed by atoms with Crippen molar-refractivity contribution in [3.63, 3.8) is 0 Å². The number of nitrogens with two attached hydrogens (primary N) is 1. The van der Waals surface area contributed by atoms with Crippen LogP contribution in [0.2, 0.25) is 5.02 Å². The monoisotopic (exact) mass is 253 g/mol. The van der Waals surface area contributed by atoms with E-state index >= 15 is 0 Å². The lowest BCUT2D eigenvalue weighted by Gasteiger charge is -2.34. The van der Waals surface area contributed by atoms with Gasteiger partial charge in [-0.3, -0.25) is 0 Å². The minimum Gasteiger partial charge on any atom is -0.368 e. The molecule has 0 radical (unpaired) electrons. The molecule has 0 amide bonds. The Kier molecular flexibility index (Phi) is 4.26. The molecule has 2 N–H and O–H groups in total. The number of benzene rings is 1. The fourth-order valence-electron chi connectivity index (χ4n) is 2.18. The summed E-state index contributed by atoms with van der Waals surface area (Å²) in [6.45, 7) is 4.96. The fraction of sp³-hybridized carbons (Fsp3) is 0.538. The first kappa shape index (κ1) is 12.7. The molecule has 0 aliphatic carbocycles. The van der Waals surface area contributed by atoms with Crippen LogP contribution in [0.3, 0.4) is 0 Å². The Bertz CT molecular complexity index is 373. The third-order valence-electron chi connectivity index (χ3n) is 3.29. The van der Waals surface area contributed by atoms with E-state index < -0.39 is 0 Å². The molecule has 1 saturated heterocycles. The van der Waals surface area contributed by atoms with Crippen molar-refractivity contribution in [2.45, 2.75) is 6.42 Å². The smallest absolute Gasteiger partial charge is 0.0642 e. The van der Waals surface area contributed by atoms with E-state index in [1.54, 1.807) is 0 Å². The van der Waals surface area contributed by atoms with Crippen LogP contribution in [0.4, 0.5) is 5.69 Å². The lowest BCUT2D eigenvalue weighted by molar-refractivity contribution is 0.313. The number of halogens is 1. The maximum absolute atomic E-state index is 6.34. The van der Waals surface area contributed by atoms with Crippen molar-refractivity contribution >= 4 is 17.3 Å².